The third-order valence-electron chi connectivity index (χ3n) is 4.66. The molecular weight excluding hydrogens is 324 g/mol. The highest BCUT2D eigenvalue weighted by Gasteiger charge is 2.35. The van der Waals surface area contributed by atoms with Crippen LogP contribution in [0.1, 0.15) is 42.6 Å². The van der Waals surface area contributed by atoms with Gasteiger partial charge in [-0.2, -0.15) is 0 Å². The van der Waals surface area contributed by atoms with Crippen molar-refractivity contribution in [1.29, 1.82) is 0 Å². The first-order chi connectivity index (χ1) is 12.0. The first kappa shape index (κ1) is 17.5. The minimum Gasteiger partial charge on any atom is -0.372 e. The Kier molecular flexibility index (Phi) is 5.13. The maximum Gasteiger partial charge on any atom is 0.227 e. The fourth-order valence-electron chi connectivity index (χ4n) is 3.37. The van der Waals surface area contributed by atoms with Gasteiger partial charge in [0.15, 0.2) is 0 Å². The molecule has 3 nitrogen and oxygen atoms in total. The van der Waals surface area contributed by atoms with Crippen LogP contribution in [0.4, 0.5) is 8.78 Å². The van der Waals surface area contributed by atoms with Gasteiger partial charge in [0.2, 0.25) is 5.91 Å². The van der Waals surface area contributed by atoms with Crippen molar-refractivity contribution in [2.45, 2.75) is 38.3 Å². The lowest BCUT2D eigenvalue weighted by molar-refractivity contribution is -0.124. The fourth-order valence-corrected chi connectivity index (χ4v) is 3.37. The van der Waals surface area contributed by atoms with Crippen LogP contribution >= 0.6 is 0 Å². The molecule has 132 valence electrons. The summed E-state index contributed by atoms with van der Waals surface area (Å²) in [5, 5.41) is 2.98. The van der Waals surface area contributed by atoms with E-state index in [4.69, 9.17) is 4.74 Å². The summed E-state index contributed by atoms with van der Waals surface area (Å²) in [6.07, 6.45) is 0.459. The topological polar surface area (TPSA) is 38.3 Å². The van der Waals surface area contributed by atoms with E-state index < -0.39 is 17.6 Å². The smallest absolute Gasteiger partial charge is 0.227 e. The monoisotopic (exact) mass is 345 g/mol. The highest BCUT2D eigenvalue weighted by molar-refractivity contribution is 5.83. The number of hydrogen-bond donors (Lipinski definition) is 1. The molecular formula is C20H21F2NO2. The Morgan fingerprint density at radius 3 is 2.76 bits per heavy atom. The molecule has 1 aliphatic rings. The number of nitrogens with one attached hydrogen (secondary N) is 1. The Morgan fingerprint density at radius 1 is 1.28 bits per heavy atom. The first-order valence-electron chi connectivity index (χ1n) is 8.46. The lowest BCUT2D eigenvalue weighted by Gasteiger charge is -2.23. The quantitative estimate of drug-likeness (QED) is 0.893. The van der Waals surface area contributed by atoms with Crippen LogP contribution in [-0.4, -0.2) is 18.6 Å². The van der Waals surface area contributed by atoms with E-state index in [-0.39, 0.29) is 23.6 Å². The largest absolute Gasteiger partial charge is 0.372 e. The van der Waals surface area contributed by atoms with Gasteiger partial charge >= 0.3 is 0 Å². The van der Waals surface area contributed by atoms with Crippen molar-refractivity contribution >= 4 is 5.91 Å². The van der Waals surface area contributed by atoms with Crippen molar-refractivity contribution in [3.05, 3.63) is 70.8 Å². The van der Waals surface area contributed by atoms with Crippen molar-refractivity contribution in [3.63, 3.8) is 0 Å². The van der Waals surface area contributed by atoms with Crippen LogP contribution in [0, 0.1) is 11.6 Å². The Morgan fingerprint density at radius 2 is 2.04 bits per heavy atom. The molecule has 1 N–H and O–H groups in total. The zero-order valence-electron chi connectivity index (χ0n) is 14.3. The second-order valence-corrected chi connectivity index (χ2v) is 6.28. The average molecular weight is 345 g/mol. The molecule has 0 spiro atoms. The predicted octanol–water partition coefficient (Wildman–Crippen LogP) is 3.89. The third kappa shape index (κ3) is 3.56. The number of amides is 1. The summed E-state index contributed by atoms with van der Waals surface area (Å²) < 4.78 is 32.8. The van der Waals surface area contributed by atoms with E-state index in [1.165, 1.54) is 6.07 Å². The average Bonchev–Trinajstić information content (AvgIpc) is 2.92. The number of hydrogen-bond acceptors (Lipinski definition) is 2. The third-order valence-corrected chi connectivity index (χ3v) is 4.66. The van der Waals surface area contributed by atoms with Crippen molar-refractivity contribution in [3.8, 4) is 0 Å². The second-order valence-electron chi connectivity index (χ2n) is 6.28. The molecule has 5 heteroatoms. The van der Waals surface area contributed by atoms with Gasteiger partial charge in [0.05, 0.1) is 12.0 Å². The van der Waals surface area contributed by atoms with Crippen LogP contribution < -0.4 is 5.32 Å². The number of ether oxygens (including phenoxy) is 1. The molecule has 0 bridgehead atoms. The van der Waals surface area contributed by atoms with E-state index >= 15 is 0 Å². The van der Waals surface area contributed by atoms with Gasteiger partial charge in [-0.05, 0) is 37.5 Å². The molecule has 25 heavy (non-hydrogen) atoms. The van der Waals surface area contributed by atoms with Crippen LogP contribution in [0.3, 0.4) is 0 Å². The molecule has 1 aliphatic carbocycles. The van der Waals surface area contributed by atoms with Gasteiger partial charge in [0.1, 0.15) is 17.7 Å². The van der Waals surface area contributed by atoms with Crippen molar-refractivity contribution in [2.75, 3.05) is 6.61 Å². The normalized spacial score (nSPS) is 20.2. The van der Waals surface area contributed by atoms with E-state index in [2.05, 4.69) is 5.32 Å². The molecule has 0 aliphatic heterocycles. The van der Waals surface area contributed by atoms with Gasteiger partial charge in [0.25, 0.3) is 0 Å². The van der Waals surface area contributed by atoms with Crippen molar-refractivity contribution in [2.24, 2.45) is 0 Å². The van der Waals surface area contributed by atoms with Crippen molar-refractivity contribution in [1.82, 2.24) is 5.32 Å². The zero-order chi connectivity index (χ0) is 18.0. The molecule has 0 heterocycles. The summed E-state index contributed by atoms with van der Waals surface area (Å²) >= 11 is 0. The number of rotatable bonds is 5. The molecule has 0 radical (unpaired) electrons. The van der Waals surface area contributed by atoms with E-state index in [1.54, 1.807) is 6.92 Å². The highest BCUT2D eigenvalue weighted by Crippen LogP contribution is 2.34. The lowest BCUT2D eigenvalue weighted by Crippen LogP contribution is -2.40. The lowest BCUT2D eigenvalue weighted by atomic mass is 9.99. The summed E-state index contributed by atoms with van der Waals surface area (Å²) in [4.78, 5) is 12.6. The maximum atomic E-state index is 13.9. The maximum absolute atomic E-state index is 13.9. The second kappa shape index (κ2) is 7.31. The number of halogens is 2. The molecule has 1 amide bonds. The number of carbonyl (C=O) groups is 1. The fraction of sp³-hybridized carbons (Fsp3) is 0.350. The Hall–Kier alpha value is -2.27. The summed E-state index contributed by atoms with van der Waals surface area (Å²) in [5.74, 6) is -2.38. The Labute approximate surface area is 146 Å². The van der Waals surface area contributed by atoms with E-state index in [9.17, 15) is 13.6 Å². The zero-order valence-corrected chi connectivity index (χ0v) is 14.3. The van der Waals surface area contributed by atoms with Crippen LogP contribution in [0.5, 0.6) is 0 Å². The van der Waals surface area contributed by atoms with Crippen LogP contribution in [0.15, 0.2) is 42.5 Å². The summed E-state index contributed by atoms with van der Waals surface area (Å²) in [7, 11) is 0. The van der Waals surface area contributed by atoms with Gasteiger partial charge < -0.3 is 10.1 Å². The molecule has 2 aromatic carbocycles. The molecule has 0 fully saturated rings. The predicted molar refractivity (Wildman–Crippen MR) is 91.2 cm³/mol. The molecule has 0 unspecified atom stereocenters. The van der Waals surface area contributed by atoms with Crippen LogP contribution in [0.25, 0.3) is 0 Å². The number of carbonyl (C=O) groups excluding carboxylic acids is 1. The minimum absolute atomic E-state index is 0.183. The van der Waals surface area contributed by atoms with E-state index in [1.807, 2.05) is 31.2 Å². The van der Waals surface area contributed by atoms with E-state index in [0.717, 1.165) is 23.3 Å². The standard InChI is InChI=1S/C20H21F2NO2/c1-3-25-19-16-7-5-4-6-13(16)10-18(19)23-20(24)12(2)15-9-8-14(21)11-17(15)22/h4-9,11-12,18-19H,3,10H2,1-2H3,(H,23,24)/t12-,18+,19+/m0/s1. The molecule has 3 atom stereocenters. The minimum atomic E-state index is -0.716. The van der Waals surface area contributed by atoms with Crippen LogP contribution in [0.2, 0.25) is 0 Å². The molecule has 0 saturated heterocycles. The summed E-state index contributed by atoms with van der Waals surface area (Å²) in [6, 6.07) is 11.0. The summed E-state index contributed by atoms with van der Waals surface area (Å²) in [6.45, 7) is 4.06. The van der Waals surface area contributed by atoms with Gasteiger partial charge in [-0.3, -0.25) is 4.79 Å². The van der Waals surface area contributed by atoms with Gasteiger partial charge in [-0.25, -0.2) is 8.78 Å². The van der Waals surface area contributed by atoms with E-state index in [0.29, 0.717) is 13.0 Å². The summed E-state index contributed by atoms with van der Waals surface area (Å²) in [5.41, 5.74) is 2.41. The van der Waals surface area contributed by atoms with Gasteiger partial charge in [-0.1, -0.05) is 30.3 Å². The highest BCUT2D eigenvalue weighted by atomic mass is 19.1. The molecule has 0 aromatic heterocycles. The van der Waals surface area contributed by atoms with Crippen molar-refractivity contribution < 1.29 is 18.3 Å². The Balaban J connectivity index is 1.76. The van der Waals surface area contributed by atoms with Gasteiger partial charge in [0, 0.05) is 18.2 Å². The SMILES string of the molecule is CCO[C@@H]1c2ccccc2C[C@H]1NC(=O)[C@@H](C)c1ccc(F)cc1F. The van der Waals surface area contributed by atoms with Crippen LogP contribution in [-0.2, 0) is 16.0 Å². The first-order valence-corrected chi connectivity index (χ1v) is 8.46. The molecule has 0 saturated carbocycles. The Bertz CT molecular complexity index is 778. The molecule has 2 aromatic rings. The van der Waals surface area contributed by atoms with Gasteiger partial charge in [-0.15, -0.1) is 0 Å². The number of fused-ring (bicyclic) bond motifs is 1. The number of benzene rings is 2. The molecule has 3 rings (SSSR count).